The maximum absolute atomic E-state index is 12.2. The monoisotopic (exact) mass is 314 g/mol. The average Bonchev–Trinajstić information content (AvgIpc) is 2.37. The molecule has 0 aliphatic rings. The van der Waals surface area contributed by atoms with Crippen molar-refractivity contribution in [1.82, 2.24) is 4.90 Å². The van der Waals surface area contributed by atoms with E-state index >= 15 is 0 Å². The van der Waals surface area contributed by atoms with Crippen LogP contribution in [0.1, 0.15) is 17.3 Å². The van der Waals surface area contributed by atoms with Gasteiger partial charge in [0.25, 0.3) is 5.91 Å². The van der Waals surface area contributed by atoms with Crippen molar-refractivity contribution < 1.29 is 14.3 Å². The molecule has 0 spiro atoms. The lowest BCUT2D eigenvalue weighted by Crippen LogP contribution is -2.36. The number of benzene rings is 1. The molecule has 0 atom stereocenters. The summed E-state index contributed by atoms with van der Waals surface area (Å²) < 4.78 is 5.31. The molecule has 0 aromatic heterocycles. The van der Waals surface area contributed by atoms with E-state index in [-0.39, 0.29) is 12.5 Å². The quantitative estimate of drug-likeness (QED) is 0.677. The second kappa shape index (κ2) is 6.39. The Labute approximate surface area is 114 Å². The van der Waals surface area contributed by atoms with Gasteiger partial charge in [0.05, 0.1) is 12.7 Å². The van der Waals surface area contributed by atoms with Gasteiger partial charge in [0.1, 0.15) is 6.54 Å². The first kappa shape index (κ1) is 14.5. The van der Waals surface area contributed by atoms with Gasteiger partial charge in [-0.15, -0.1) is 0 Å². The zero-order valence-corrected chi connectivity index (χ0v) is 11.9. The minimum absolute atomic E-state index is 0.0855. The Morgan fingerprint density at radius 2 is 2.11 bits per heavy atom. The van der Waals surface area contributed by atoms with Crippen LogP contribution in [0.2, 0.25) is 0 Å². The van der Waals surface area contributed by atoms with Crippen molar-refractivity contribution in [3.63, 3.8) is 0 Å². The minimum atomic E-state index is -0.459. The Balaban J connectivity index is 2.96. The van der Waals surface area contributed by atoms with E-state index in [4.69, 9.17) is 5.73 Å². The van der Waals surface area contributed by atoms with Crippen molar-refractivity contribution in [1.29, 1.82) is 0 Å². The number of esters is 1. The summed E-state index contributed by atoms with van der Waals surface area (Å²) in [6, 6.07) is 5.03. The van der Waals surface area contributed by atoms with E-state index in [0.29, 0.717) is 17.8 Å². The summed E-state index contributed by atoms with van der Waals surface area (Å²) >= 11 is 3.28. The fourth-order valence-electron chi connectivity index (χ4n) is 1.43. The van der Waals surface area contributed by atoms with E-state index in [2.05, 4.69) is 20.7 Å². The molecule has 0 fully saturated rings. The number of hydrogen-bond acceptors (Lipinski definition) is 4. The summed E-state index contributed by atoms with van der Waals surface area (Å²) in [7, 11) is 1.29. The van der Waals surface area contributed by atoms with Crippen LogP contribution >= 0.6 is 15.9 Å². The van der Waals surface area contributed by atoms with Crippen molar-refractivity contribution in [2.45, 2.75) is 6.92 Å². The van der Waals surface area contributed by atoms with E-state index < -0.39 is 5.97 Å². The second-order valence-electron chi connectivity index (χ2n) is 3.63. The molecule has 2 N–H and O–H groups in total. The van der Waals surface area contributed by atoms with Crippen LogP contribution in [0.4, 0.5) is 5.69 Å². The molecule has 0 aliphatic heterocycles. The van der Waals surface area contributed by atoms with Crippen molar-refractivity contribution in [3.05, 3.63) is 28.2 Å². The predicted octanol–water partition coefficient (Wildman–Crippen LogP) is 1.67. The van der Waals surface area contributed by atoms with Crippen LogP contribution < -0.4 is 5.73 Å². The molecule has 98 valence electrons. The van der Waals surface area contributed by atoms with Crippen LogP contribution in [-0.4, -0.2) is 37.0 Å². The number of anilines is 1. The summed E-state index contributed by atoms with van der Waals surface area (Å²) in [5.41, 5.74) is 6.51. The zero-order valence-electron chi connectivity index (χ0n) is 10.3. The largest absolute Gasteiger partial charge is 0.468 e. The van der Waals surface area contributed by atoms with Crippen LogP contribution in [0.15, 0.2) is 22.7 Å². The smallest absolute Gasteiger partial charge is 0.325 e. The molecule has 0 aliphatic carbocycles. The highest BCUT2D eigenvalue weighted by molar-refractivity contribution is 9.10. The third-order valence-corrected chi connectivity index (χ3v) is 2.96. The number of ether oxygens (including phenoxy) is 1. The summed E-state index contributed by atoms with van der Waals surface area (Å²) in [5, 5.41) is 0. The molecule has 0 bridgehead atoms. The van der Waals surface area contributed by atoms with Crippen LogP contribution in [-0.2, 0) is 9.53 Å². The molecule has 1 amide bonds. The third kappa shape index (κ3) is 3.46. The van der Waals surface area contributed by atoms with Gasteiger partial charge < -0.3 is 15.4 Å². The Morgan fingerprint density at radius 3 is 2.67 bits per heavy atom. The van der Waals surface area contributed by atoms with Gasteiger partial charge in [0, 0.05) is 16.7 Å². The Morgan fingerprint density at radius 1 is 1.44 bits per heavy atom. The molecule has 0 unspecified atom stereocenters. The SMILES string of the molecule is CCN(CC(=O)OC)C(=O)c1cc(Br)ccc1N. The van der Waals surface area contributed by atoms with Gasteiger partial charge in [-0.25, -0.2) is 0 Å². The number of amides is 1. The molecule has 0 saturated carbocycles. The van der Waals surface area contributed by atoms with E-state index in [9.17, 15) is 9.59 Å². The lowest BCUT2D eigenvalue weighted by Gasteiger charge is -2.20. The highest BCUT2D eigenvalue weighted by atomic mass is 79.9. The van der Waals surface area contributed by atoms with E-state index in [1.54, 1.807) is 25.1 Å². The lowest BCUT2D eigenvalue weighted by molar-refractivity contribution is -0.141. The van der Waals surface area contributed by atoms with E-state index in [1.807, 2.05) is 0 Å². The molecule has 1 rings (SSSR count). The van der Waals surface area contributed by atoms with Crippen molar-refractivity contribution in [2.75, 3.05) is 25.9 Å². The van der Waals surface area contributed by atoms with Crippen LogP contribution in [0, 0.1) is 0 Å². The molecule has 5 nitrogen and oxygen atoms in total. The molecule has 0 radical (unpaired) electrons. The maximum atomic E-state index is 12.2. The van der Waals surface area contributed by atoms with E-state index in [1.165, 1.54) is 12.0 Å². The second-order valence-corrected chi connectivity index (χ2v) is 4.54. The molecular formula is C12H15BrN2O3. The molecule has 6 heteroatoms. The van der Waals surface area contributed by atoms with E-state index in [0.717, 1.165) is 4.47 Å². The van der Waals surface area contributed by atoms with Gasteiger partial charge in [-0.05, 0) is 25.1 Å². The molecule has 1 aromatic rings. The summed E-state index contributed by atoms with van der Waals surface area (Å²) in [5.74, 6) is -0.750. The number of hydrogen-bond donors (Lipinski definition) is 1. The minimum Gasteiger partial charge on any atom is -0.468 e. The maximum Gasteiger partial charge on any atom is 0.325 e. The van der Waals surface area contributed by atoms with Crippen molar-refractivity contribution in [3.8, 4) is 0 Å². The van der Waals surface area contributed by atoms with Crippen LogP contribution in [0.5, 0.6) is 0 Å². The number of likely N-dealkylation sites (N-methyl/N-ethyl adjacent to an activating group) is 1. The molecule has 0 heterocycles. The normalized spacial score (nSPS) is 9.94. The first-order valence-corrected chi connectivity index (χ1v) is 6.20. The first-order valence-electron chi connectivity index (χ1n) is 5.40. The van der Waals surface area contributed by atoms with Gasteiger partial charge in [-0.2, -0.15) is 0 Å². The zero-order chi connectivity index (χ0) is 13.7. The predicted molar refractivity (Wildman–Crippen MR) is 72.1 cm³/mol. The Bertz CT molecular complexity index is 463. The van der Waals surface area contributed by atoms with Gasteiger partial charge in [0.15, 0.2) is 0 Å². The fourth-order valence-corrected chi connectivity index (χ4v) is 1.79. The number of halogens is 1. The summed E-state index contributed by atoms with van der Waals surface area (Å²) in [6.07, 6.45) is 0. The van der Waals surface area contributed by atoms with Crippen LogP contribution in [0.3, 0.4) is 0 Å². The fraction of sp³-hybridized carbons (Fsp3) is 0.333. The molecule has 0 saturated heterocycles. The average molecular weight is 315 g/mol. The molecular weight excluding hydrogens is 300 g/mol. The number of nitrogen functional groups attached to an aromatic ring is 1. The topological polar surface area (TPSA) is 72.6 Å². The number of methoxy groups -OCH3 is 1. The van der Waals surface area contributed by atoms with Gasteiger partial charge in [-0.1, -0.05) is 15.9 Å². The highest BCUT2D eigenvalue weighted by Gasteiger charge is 2.19. The van der Waals surface area contributed by atoms with Gasteiger partial charge >= 0.3 is 5.97 Å². The van der Waals surface area contributed by atoms with Gasteiger partial charge in [0.2, 0.25) is 0 Å². The summed E-state index contributed by atoms with van der Waals surface area (Å²) in [6.45, 7) is 2.10. The number of carbonyl (C=O) groups excluding carboxylic acids is 2. The van der Waals surface area contributed by atoms with Crippen LogP contribution in [0.25, 0.3) is 0 Å². The first-order chi connectivity index (χ1) is 8.49. The number of carbonyl (C=O) groups is 2. The van der Waals surface area contributed by atoms with Crippen molar-refractivity contribution in [2.24, 2.45) is 0 Å². The standard InChI is InChI=1S/C12H15BrN2O3/c1-3-15(7-11(16)18-2)12(17)9-6-8(13)4-5-10(9)14/h4-6H,3,7,14H2,1-2H3. The number of nitrogens with two attached hydrogens (primary N) is 1. The van der Waals surface area contributed by atoms with Gasteiger partial charge in [-0.3, -0.25) is 9.59 Å². The Kier molecular flexibility index (Phi) is 5.15. The lowest BCUT2D eigenvalue weighted by atomic mass is 10.1. The molecule has 1 aromatic carbocycles. The third-order valence-electron chi connectivity index (χ3n) is 2.46. The highest BCUT2D eigenvalue weighted by Crippen LogP contribution is 2.20. The summed E-state index contributed by atoms with van der Waals surface area (Å²) in [4.78, 5) is 24.8. The molecule has 18 heavy (non-hydrogen) atoms. The van der Waals surface area contributed by atoms with Crippen molar-refractivity contribution >= 4 is 33.5 Å². The Hall–Kier alpha value is -1.56. The number of nitrogens with zero attached hydrogens (tertiary/aromatic N) is 1. The number of rotatable bonds is 4.